The predicted molar refractivity (Wildman–Crippen MR) is 89.5 cm³/mol. The van der Waals surface area contributed by atoms with Gasteiger partial charge in [-0.2, -0.15) is 0 Å². The third-order valence-electron chi connectivity index (χ3n) is 3.45. The molecule has 0 radical (unpaired) electrons. The zero-order valence-electron chi connectivity index (χ0n) is 12.8. The van der Waals surface area contributed by atoms with E-state index in [1.54, 1.807) is 23.9 Å². The summed E-state index contributed by atoms with van der Waals surface area (Å²) in [7, 11) is 0. The minimum absolute atomic E-state index is 0.0306. The molecule has 21 heavy (non-hydrogen) atoms. The van der Waals surface area contributed by atoms with Gasteiger partial charge in [0.05, 0.1) is 6.04 Å². The first kappa shape index (κ1) is 16.1. The van der Waals surface area contributed by atoms with Crippen LogP contribution in [-0.2, 0) is 0 Å². The molecular weight excluding hydrogens is 281 g/mol. The third kappa shape index (κ3) is 4.08. The highest BCUT2D eigenvalue weighted by molar-refractivity contribution is 7.98. The van der Waals surface area contributed by atoms with Crippen molar-refractivity contribution in [1.82, 2.24) is 5.32 Å². The fourth-order valence-corrected chi connectivity index (χ4v) is 3.17. The number of aryl methyl sites for hydroxylation is 1. The number of halogens is 1. The van der Waals surface area contributed by atoms with Gasteiger partial charge in [-0.1, -0.05) is 31.2 Å². The largest absolute Gasteiger partial charge is 0.306 e. The van der Waals surface area contributed by atoms with Crippen LogP contribution in [0.1, 0.15) is 36.1 Å². The van der Waals surface area contributed by atoms with Crippen LogP contribution >= 0.6 is 11.8 Å². The molecule has 0 amide bonds. The highest BCUT2D eigenvalue weighted by atomic mass is 32.2. The second-order valence-corrected chi connectivity index (χ2v) is 6.04. The minimum atomic E-state index is -0.171. The van der Waals surface area contributed by atoms with E-state index >= 15 is 0 Å². The summed E-state index contributed by atoms with van der Waals surface area (Å²) in [5.74, 6) is -0.171. The molecule has 0 fully saturated rings. The minimum Gasteiger partial charge on any atom is -0.306 e. The number of benzene rings is 2. The Balaban J connectivity index is 2.46. The standard InChI is InChI=1S/C18H22FNS/c1-4-9-20-18(14-10-13(2)11-15(19)12-14)16-7-5-6-8-17(16)21-3/h5-8,10-12,18,20H,4,9H2,1-3H3. The Morgan fingerprint density at radius 1 is 1.19 bits per heavy atom. The molecule has 0 spiro atoms. The molecule has 0 saturated heterocycles. The molecule has 0 aliphatic heterocycles. The maximum absolute atomic E-state index is 13.8. The molecule has 2 aromatic carbocycles. The predicted octanol–water partition coefficient (Wildman–Crippen LogP) is 4.95. The quantitative estimate of drug-likeness (QED) is 0.758. The number of nitrogens with one attached hydrogen (secondary N) is 1. The number of rotatable bonds is 6. The molecule has 1 N–H and O–H groups in total. The lowest BCUT2D eigenvalue weighted by Crippen LogP contribution is -2.24. The maximum atomic E-state index is 13.8. The van der Waals surface area contributed by atoms with Crippen LogP contribution in [0.4, 0.5) is 4.39 Å². The summed E-state index contributed by atoms with van der Waals surface area (Å²) in [5, 5.41) is 3.55. The first-order valence-electron chi connectivity index (χ1n) is 7.29. The van der Waals surface area contributed by atoms with Crippen LogP contribution in [0.25, 0.3) is 0 Å². The summed E-state index contributed by atoms with van der Waals surface area (Å²) in [5.41, 5.74) is 3.15. The molecule has 2 rings (SSSR count). The van der Waals surface area contributed by atoms with Crippen molar-refractivity contribution in [3.63, 3.8) is 0 Å². The monoisotopic (exact) mass is 303 g/mol. The second-order valence-electron chi connectivity index (χ2n) is 5.19. The van der Waals surface area contributed by atoms with Crippen LogP contribution in [0.3, 0.4) is 0 Å². The maximum Gasteiger partial charge on any atom is 0.123 e. The fraction of sp³-hybridized carbons (Fsp3) is 0.333. The van der Waals surface area contributed by atoms with Gasteiger partial charge in [0.25, 0.3) is 0 Å². The topological polar surface area (TPSA) is 12.0 Å². The Hall–Kier alpha value is -1.32. The average Bonchev–Trinajstić information content (AvgIpc) is 2.47. The van der Waals surface area contributed by atoms with Gasteiger partial charge in [0.2, 0.25) is 0 Å². The summed E-state index contributed by atoms with van der Waals surface area (Å²) in [4.78, 5) is 1.23. The van der Waals surface area contributed by atoms with Crippen molar-refractivity contribution in [2.75, 3.05) is 12.8 Å². The van der Waals surface area contributed by atoms with Gasteiger partial charge < -0.3 is 5.32 Å². The van der Waals surface area contributed by atoms with Crippen molar-refractivity contribution < 1.29 is 4.39 Å². The molecule has 1 atom stereocenters. The Labute approximate surface area is 131 Å². The summed E-state index contributed by atoms with van der Waals surface area (Å²) in [6.07, 6.45) is 3.12. The van der Waals surface area contributed by atoms with Gasteiger partial charge in [-0.25, -0.2) is 4.39 Å². The molecule has 0 aliphatic rings. The lowest BCUT2D eigenvalue weighted by Gasteiger charge is -2.22. The molecule has 0 heterocycles. The Morgan fingerprint density at radius 3 is 2.62 bits per heavy atom. The van der Waals surface area contributed by atoms with E-state index in [9.17, 15) is 4.39 Å². The van der Waals surface area contributed by atoms with Gasteiger partial charge in [-0.15, -0.1) is 11.8 Å². The third-order valence-corrected chi connectivity index (χ3v) is 4.26. The highest BCUT2D eigenvalue weighted by Crippen LogP contribution is 2.31. The van der Waals surface area contributed by atoms with Gasteiger partial charge >= 0.3 is 0 Å². The first-order valence-corrected chi connectivity index (χ1v) is 8.51. The molecule has 112 valence electrons. The number of hydrogen-bond acceptors (Lipinski definition) is 2. The summed E-state index contributed by atoms with van der Waals surface area (Å²) in [6, 6.07) is 13.6. The first-order chi connectivity index (χ1) is 10.2. The van der Waals surface area contributed by atoms with E-state index in [1.807, 2.05) is 19.1 Å². The SMILES string of the molecule is CCCNC(c1cc(C)cc(F)c1)c1ccccc1SC. The van der Waals surface area contributed by atoms with E-state index < -0.39 is 0 Å². The Bertz CT molecular complexity index is 577. The normalized spacial score (nSPS) is 12.4. The van der Waals surface area contributed by atoms with Crippen LogP contribution in [0.5, 0.6) is 0 Å². The van der Waals surface area contributed by atoms with E-state index in [0.29, 0.717) is 0 Å². The van der Waals surface area contributed by atoms with Gasteiger partial charge in [0.15, 0.2) is 0 Å². The van der Waals surface area contributed by atoms with Crippen molar-refractivity contribution in [3.05, 3.63) is 65.0 Å². The van der Waals surface area contributed by atoms with Crippen molar-refractivity contribution in [1.29, 1.82) is 0 Å². The number of hydrogen-bond donors (Lipinski definition) is 1. The lowest BCUT2D eigenvalue weighted by molar-refractivity contribution is 0.579. The summed E-state index contributed by atoms with van der Waals surface area (Å²) >= 11 is 1.73. The molecule has 0 aromatic heterocycles. The molecular formula is C18H22FNS. The number of thioether (sulfide) groups is 1. The van der Waals surface area contributed by atoms with Gasteiger partial charge in [-0.05, 0) is 61.0 Å². The highest BCUT2D eigenvalue weighted by Gasteiger charge is 2.17. The molecule has 0 bridgehead atoms. The van der Waals surface area contributed by atoms with E-state index in [4.69, 9.17) is 0 Å². The van der Waals surface area contributed by atoms with Crippen molar-refractivity contribution in [3.8, 4) is 0 Å². The van der Waals surface area contributed by atoms with Gasteiger partial charge in [0, 0.05) is 4.90 Å². The second kappa shape index (κ2) is 7.62. The Kier molecular flexibility index (Phi) is 5.83. The van der Waals surface area contributed by atoms with E-state index in [0.717, 1.165) is 24.1 Å². The molecule has 1 nitrogen and oxygen atoms in total. The fourth-order valence-electron chi connectivity index (χ4n) is 2.53. The van der Waals surface area contributed by atoms with E-state index in [-0.39, 0.29) is 11.9 Å². The van der Waals surface area contributed by atoms with Crippen molar-refractivity contribution >= 4 is 11.8 Å². The van der Waals surface area contributed by atoms with E-state index in [1.165, 1.54) is 10.5 Å². The lowest BCUT2D eigenvalue weighted by atomic mass is 9.97. The van der Waals surface area contributed by atoms with Crippen LogP contribution in [0.2, 0.25) is 0 Å². The van der Waals surface area contributed by atoms with Gasteiger partial charge in [-0.3, -0.25) is 0 Å². The average molecular weight is 303 g/mol. The van der Waals surface area contributed by atoms with Crippen molar-refractivity contribution in [2.45, 2.75) is 31.2 Å². The molecule has 0 saturated carbocycles. The van der Waals surface area contributed by atoms with E-state index in [2.05, 4.69) is 36.7 Å². The Morgan fingerprint density at radius 2 is 1.95 bits per heavy atom. The zero-order chi connectivity index (χ0) is 15.2. The molecule has 3 heteroatoms. The van der Waals surface area contributed by atoms with Crippen LogP contribution in [0.15, 0.2) is 47.4 Å². The smallest absolute Gasteiger partial charge is 0.123 e. The van der Waals surface area contributed by atoms with Crippen LogP contribution < -0.4 is 5.32 Å². The molecule has 0 aliphatic carbocycles. The van der Waals surface area contributed by atoms with Crippen molar-refractivity contribution in [2.24, 2.45) is 0 Å². The zero-order valence-corrected chi connectivity index (χ0v) is 13.6. The van der Waals surface area contributed by atoms with Crippen LogP contribution in [-0.4, -0.2) is 12.8 Å². The molecule has 2 aromatic rings. The molecule has 1 unspecified atom stereocenters. The summed E-state index contributed by atoms with van der Waals surface area (Å²) in [6.45, 7) is 4.98. The van der Waals surface area contributed by atoms with Crippen LogP contribution in [0, 0.1) is 12.7 Å². The van der Waals surface area contributed by atoms with Gasteiger partial charge in [0.1, 0.15) is 5.82 Å². The summed E-state index contributed by atoms with van der Waals surface area (Å²) < 4.78 is 13.8.